The maximum Gasteiger partial charge on any atom is 0.278 e. The third-order valence-corrected chi connectivity index (χ3v) is 9.14. The lowest BCUT2D eigenvalue weighted by Crippen LogP contribution is -2.48. The third-order valence-electron chi connectivity index (χ3n) is 9.14. The van der Waals surface area contributed by atoms with Crippen molar-refractivity contribution in [2.24, 2.45) is 5.41 Å². The number of fused-ring (bicyclic) bond motifs is 2. The number of aliphatic hydroxyl groups is 1. The molecule has 10 heteroatoms. The van der Waals surface area contributed by atoms with E-state index in [9.17, 15) is 9.90 Å². The van der Waals surface area contributed by atoms with Gasteiger partial charge in [-0.05, 0) is 75.4 Å². The number of aromatic nitrogens is 5. The van der Waals surface area contributed by atoms with Crippen LogP contribution in [0.2, 0.25) is 0 Å². The number of nitrogens with one attached hydrogen (secondary N) is 1. The second-order valence-electron chi connectivity index (χ2n) is 12.0. The van der Waals surface area contributed by atoms with Gasteiger partial charge in [0.1, 0.15) is 11.5 Å². The van der Waals surface area contributed by atoms with Crippen molar-refractivity contribution in [1.82, 2.24) is 29.2 Å². The SMILES string of the molecule is [2H]C1(O)c2nc(-n3c4nc(Nc5ccc(N6CCN(C(C)C)CC6)cc5)ncc4c(=O)n3CC=C)ccc2CCC12CC2. The molecule has 4 heterocycles. The van der Waals surface area contributed by atoms with E-state index in [0.717, 1.165) is 63.1 Å². The van der Waals surface area contributed by atoms with Gasteiger partial charge in [-0.2, -0.15) is 4.98 Å². The molecule has 2 N–H and O–H groups in total. The lowest BCUT2D eigenvalue weighted by atomic mass is 9.82. The van der Waals surface area contributed by atoms with Crippen LogP contribution in [0.3, 0.4) is 0 Å². The molecule has 1 saturated carbocycles. The summed E-state index contributed by atoms with van der Waals surface area (Å²) in [5.41, 5.74) is 2.96. The van der Waals surface area contributed by atoms with Gasteiger partial charge >= 0.3 is 0 Å². The number of pyridine rings is 1. The molecule has 3 aliphatic rings. The molecule has 1 spiro atoms. The Morgan fingerprint density at radius 2 is 1.88 bits per heavy atom. The number of hydrogen-bond donors (Lipinski definition) is 2. The highest BCUT2D eigenvalue weighted by Crippen LogP contribution is 2.60. The molecule has 4 aromatic rings. The zero-order chi connectivity index (χ0) is 29.9. The molecule has 3 aromatic heterocycles. The summed E-state index contributed by atoms with van der Waals surface area (Å²) in [5.74, 6) is 0.768. The van der Waals surface area contributed by atoms with Gasteiger partial charge in [-0.25, -0.2) is 19.3 Å². The molecule has 0 radical (unpaired) electrons. The van der Waals surface area contributed by atoms with E-state index >= 15 is 0 Å². The standard InChI is InChI=1S/C32H38N8O2/c1-4-15-39-30(42)25-20-33-31(34-23-6-8-24(9-7-23)38-18-16-37(17-19-38)21(2)3)36-29(25)40(39)26-10-5-22-11-12-32(13-14-32)28(41)27(22)35-26/h4-10,20-21,28,41H,1,11-19H2,2-3H3,(H,33,34,36)/i28D. The molecule has 1 unspecified atom stereocenters. The van der Waals surface area contributed by atoms with E-state index in [-0.39, 0.29) is 12.1 Å². The largest absolute Gasteiger partial charge is 0.386 e. The molecule has 7 rings (SSSR count). The van der Waals surface area contributed by atoms with E-state index in [1.165, 1.54) is 16.6 Å². The molecular weight excluding hydrogens is 528 g/mol. The summed E-state index contributed by atoms with van der Waals surface area (Å²) in [7, 11) is 0. The van der Waals surface area contributed by atoms with Crippen molar-refractivity contribution in [1.29, 1.82) is 0 Å². The summed E-state index contributed by atoms with van der Waals surface area (Å²) in [6.45, 7) is 12.7. The van der Waals surface area contributed by atoms with E-state index in [1.54, 1.807) is 10.8 Å². The predicted molar refractivity (Wildman–Crippen MR) is 165 cm³/mol. The second-order valence-corrected chi connectivity index (χ2v) is 12.0. The zero-order valence-electron chi connectivity index (χ0n) is 25.3. The van der Waals surface area contributed by atoms with Crippen molar-refractivity contribution >= 4 is 28.4 Å². The minimum atomic E-state index is -1.76. The summed E-state index contributed by atoms with van der Waals surface area (Å²) in [5, 5.41) is 14.9. The average molecular weight is 568 g/mol. The minimum Gasteiger partial charge on any atom is -0.386 e. The molecule has 0 bridgehead atoms. The van der Waals surface area contributed by atoms with Crippen LogP contribution in [0, 0.1) is 5.41 Å². The topological polar surface area (TPSA) is 104 Å². The van der Waals surface area contributed by atoms with Gasteiger partial charge in [-0.1, -0.05) is 12.1 Å². The molecular formula is C32H38N8O2. The van der Waals surface area contributed by atoms with Crippen LogP contribution in [-0.2, 0) is 13.0 Å². The Balaban J connectivity index is 1.21. The Morgan fingerprint density at radius 3 is 2.57 bits per heavy atom. The van der Waals surface area contributed by atoms with Crippen molar-refractivity contribution in [2.45, 2.75) is 58.2 Å². The molecule has 1 aromatic carbocycles. The number of rotatable bonds is 7. The average Bonchev–Trinajstić information content (AvgIpc) is 3.76. The molecule has 1 aliphatic heterocycles. The molecule has 10 nitrogen and oxygen atoms in total. The van der Waals surface area contributed by atoms with Crippen molar-refractivity contribution in [3.8, 4) is 5.82 Å². The first-order valence-corrected chi connectivity index (χ1v) is 14.9. The fourth-order valence-electron chi connectivity index (χ4n) is 6.37. The van der Waals surface area contributed by atoms with Crippen LogP contribution in [-0.4, -0.2) is 66.5 Å². The second kappa shape index (κ2) is 10.4. The van der Waals surface area contributed by atoms with Crippen LogP contribution in [0.15, 0.2) is 60.0 Å². The Kier molecular flexibility index (Phi) is 6.33. The van der Waals surface area contributed by atoms with E-state index in [4.69, 9.17) is 11.3 Å². The number of piperazine rings is 1. The molecule has 2 aliphatic carbocycles. The number of aryl methyl sites for hydroxylation is 1. The smallest absolute Gasteiger partial charge is 0.278 e. The first kappa shape index (κ1) is 25.7. The number of benzene rings is 1. The number of nitrogens with zero attached hydrogens (tertiary/aromatic N) is 7. The number of allylic oxidation sites excluding steroid dienone is 1. The quantitative estimate of drug-likeness (QED) is 0.321. The normalized spacial score (nSPS) is 21.9. The maximum atomic E-state index is 13.4. The predicted octanol–water partition coefficient (Wildman–Crippen LogP) is 4.20. The third kappa shape index (κ3) is 4.59. The van der Waals surface area contributed by atoms with E-state index in [0.29, 0.717) is 34.5 Å². The van der Waals surface area contributed by atoms with Crippen molar-refractivity contribution in [3.63, 3.8) is 0 Å². The lowest BCUT2D eigenvalue weighted by molar-refractivity contribution is 0.0734. The molecule has 218 valence electrons. The van der Waals surface area contributed by atoms with E-state index in [1.807, 2.05) is 24.3 Å². The summed E-state index contributed by atoms with van der Waals surface area (Å²) in [6, 6.07) is 12.5. The monoisotopic (exact) mass is 567 g/mol. The van der Waals surface area contributed by atoms with Crippen molar-refractivity contribution in [3.05, 3.63) is 76.9 Å². The van der Waals surface area contributed by atoms with Gasteiger partial charge < -0.3 is 15.3 Å². The van der Waals surface area contributed by atoms with Crippen LogP contribution >= 0.6 is 0 Å². The van der Waals surface area contributed by atoms with Crippen molar-refractivity contribution in [2.75, 3.05) is 36.4 Å². The van der Waals surface area contributed by atoms with Crippen LogP contribution in [0.1, 0.15) is 51.8 Å². The first-order chi connectivity index (χ1) is 20.7. The van der Waals surface area contributed by atoms with E-state index in [2.05, 4.69) is 52.7 Å². The summed E-state index contributed by atoms with van der Waals surface area (Å²) < 4.78 is 12.0. The fraction of sp³-hybridized carbons (Fsp3) is 0.438. The molecule has 1 saturated heterocycles. The highest BCUT2D eigenvalue weighted by molar-refractivity contribution is 5.77. The molecule has 42 heavy (non-hydrogen) atoms. The molecule has 2 fully saturated rings. The number of hydrogen-bond acceptors (Lipinski definition) is 8. The molecule has 0 amide bonds. The maximum absolute atomic E-state index is 13.4. The van der Waals surface area contributed by atoms with Gasteiger partial charge in [0.15, 0.2) is 11.5 Å². The highest BCUT2D eigenvalue weighted by Gasteiger charge is 2.52. The Morgan fingerprint density at radius 1 is 1.12 bits per heavy atom. The summed E-state index contributed by atoms with van der Waals surface area (Å²) >= 11 is 0. The van der Waals surface area contributed by atoms with Crippen LogP contribution in [0.4, 0.5) is 17.3 Å². The summed E-state index contributed by atoms with van der Waals surface area (Å²) in [6.07, 6.45) is 4.62. The van der Waals surface area contributed by atoms with Gasteiger partial charge in [0.2, 0.25) is 5.95 Å². The highest BCUT2D eigenvalue weighted by atomic mass is 16.3. The fourth-order valence-corrected chi connectivity index (χ4v) is 6.37. The van der Waals surface area contributed by atoms with Gasteiger partial charge in [0.25, 0.3) is 5.56 Å². The minimum absolute atomic E-state index is 0.235. The van der Waals surface area contributed by atoms with Crippen LogP contribution < -0.4 is 15.8 Å². The van der Waals surface area contributed by atoms with Gasteiger partial charge in [-0.3, -0.25) is 9.69 Å². The lowest BCUT2D eigenvalue weighted by Gasteiger charge is -2.38. The van der Waals surface area contributed by atoms with Gasteiger partial charge in [0.05, 0.1) is 13.6 Å². The Labute approximate surface area is 246 Å². The number of anilines is 3. The summed E-state index contributed by atoms with van der Waals surface area (Å²) in [4.78, 5) is 32.3. The van der Waals surface area contributed by atoms with Gasteiger partial charge in [0, 0.05) is 55.2 Å². The van der Waals surface area contributed by atoms with Crippen LogP contribution in [0.25, 0.3) is 16.9 Å². The van der Waals surface area contributed by atoms with E-state index < -0.39 is 11.5 Å². The Bertz CT molecular complexity index is 1750. The first-order valence-electron chi connectivity index (χ1n) is 15.4. The van der Waals surface area contributed by atoms with Crippen LogP contribution in [0.5, 0.6) is 0 Å². The molecule has 1 atom stereocenters. The zero-order valence-corrected chi connectivity index (χ0v) is 24.3. The van der Waals surface area contributed by atoms with Crippen molar-refractivity contribution < 1.29 is 6.48 Å². The van der Waals surface area contributed by atoms with Gasteiger partial charge in [-0.15, -0.1) is 6.58 Å². The Hall–Kier alpha value is -4.02.